The molecule has 3 heteroatoms. The van der Waals surface area contributed by atoms with Crippen molar-refractivity contribution in [2.45, 2.75) is 19.4 Å². The van der Waals surface area contributed by atoms with Crippen molar-refractivity contribution >= 4 is 11.5 Å². The van der Waals surface area contributed by atoms with E-state index in [-0.39, 0.29) is 0 Å². The summed E-state index contributed by atoms with van der Waals surface area (Å²) in [6.07, 6.45) is 4.32. The van der Waals surface area contributed by atoms with Gasteiger partial charge in [0.05, 0.1) is 0 Å². The molecular weight excluding hydrogens is 234 g/mol. The van der Waals surface area contributed by atoms with E-state index in [4.69, 9.17) is 0 Å². The summed E-state index contributed by atoms with van der Waals surface area (Å²) in [5, 5.41) is 3.15. The highest BCUT2D eigenvalue weighted by Crippen LogP contribution is 2.31. The van der Waals surface area contributed by atoms with Crippen LogP contribution in [0.3, 0.4) is 0 Å². The predicted octanol–water partition coefficient (Wildman–Crippen LogP) is 2.89. The first-order valence-corrected chi connectivity index (χ1v) is 6.83. The van der Waals surface area contributed by atoms with E-state index in [2.05, 4.69) is 51.6 Å². The second-order valence-corrected chi connectivity index (χ2v) is 4.94. The molecule has 0 unspecified atom stereocenters. The molecule has 3 rings (SSSR count). The minimum atomic E-state index is 0.865. The molecule has 1 N–H and O–H groups in total. The highest BCUT2D eigenvalue weighted by atomic mass is 15.2. The lowest BCUT2D eigenvalue weighted by Crippen LogP contribution is -2.25. The summed E-state index contributed by atoms with van der Waals surface area (Å²) in [4.78, 5) is 6.93. The fraction of sp³-hybridized carbons (Fsp3) is 0.312. The number of fused-ring (bicyclic) bond motifs is 1. The summed E-state index contributed by atoms with van der Waals surface area (Å²) in [5.74, 6) is 1.05. The van der Waals surface area contributed by atoms with Crippen molar-refractivity contribution < 1.29 is 0 Å². The maximum atomic E-state index is 4.61. The maximum absolute atomic E-state index is 4.61. The van der Waals surface area contributed by atoms with E-state index < -0.39 is 0 Å². The molecular formula is C16H19N3. The number of hydrogen-bond donors (Lipinski definition) is 1. The Kier molecular flexibility index (Phi) is 3.47. The van der Waals surface area contributed by atoms with E-state index in [0.717, 1.165) is 18.9 Å². The predicted molar refractivity (Wildman–Crippen MR) is 78.8 cm³/mol. The molecule has 3 nitrogen and oxygen atoms in total. The van der Waals surface area contributed by atoms with Gasteiger partial charge in [-0.1, -0.05) is 24.3 Å². The first-order chi connectivity index (χ1) is 9.38. The topological polar surface area (TPSA) is 28.2 Å². The number of aromatic nitrogens is 1. The number of pyridine rings is 1. The molecule has 0 spiro atoms. The monoisotopic (exact) mass is 253 g/mol. The Hall–Kier alpha value is -1.87. The van der Waals surface area contributed by atoms with Gasteiger partial charge in [-0.3, -0.25) is 0 Å². The van der Waals surface area contributed by atoms with E-state index in [1.807, 2.05) is 13.2 Å². The fourth-order valence-corrected chi connectivity index (χ4v) is 2.66. The summed E-state index contributed by atoms with van der Waals surface area (Å²) in [6, 6.07) is 12.9. The Morgan fingerprint density at radius 2 is 2.11 bits per heavy atom. The van der Waals surface area contributed by atoms with Crippen LogP contribution in [-0.2, 0) is 13.0 Å². The highest BCUT2D eigenvalue weighted by Gasteiger charge is 2.18. The standard InChI is InChI=1S/C16H19N3/c1-17-11-13-8-9-16(18-12-13)19-10-4-6-14-5-2-3-7-15(14)19/h2-3,5,7-9,12,17H,4,6,10-11H2,1H3. The van der Waals surface area contributed by atoms with Crippen LogP contribution in [-0.4, -0.2) is 18.6 Å². The Morgan fingerprint density at radius 3 is 2.89 bits per heavy atom. The minimum Gasteiger partial charge on any atom is -0.326 e. The third-order valence-electron chi connectivity index (χ3n) is 3.58. The summed E-state index contributed by atoms with van der Waals surface area (Å²) in [5.41, 5.74) is 3.95. The van der Waals surface area contributed by atoms with Gasteiger partial charge < -0.3 is 10.2 Å². The number of nitrogens with one attached hydrogen (secondary N) is 1. The normalized spacial score (nSPS) is 14.3. The number of benzene rings is 1. The van der Waals surface area contributed by atoms with E-state index in [0.29, 0.717) is 0 Å². The van der Waals surface area contributed by atoms with Gasteiger partial charge in [-0.2, -0.15) is 0 Å². The van der Waals surface area contributed by atoms with Crippen LogP contribution in [0.2, 0.25) is 0 Å². The average Bonchev–Trinajstić information content (AvgIpc) is 2.48. The molecule has 0 bridgehead atoms. The van der Waals surface area contributed by atoms with Crippen LogP contribution in [0.25, 0.3) is 0 Å². The summed E-state index contributed by atoms with van der Waals surface area (Å²) < 4.78 is 0. The molecule has 1 aromatic carbocycles. The number of aryl methyl sites for hydroxylation is 1. The number of rotatable bonds is 3. The molecule has 2 heterocycles. The van der Waals surface area contributed by atoms with E-state index in [1.165, 1.54) is 29.7 Å². The number of nitrogens with zero attached hydrogens (tertiary/aromatic N) is 2. The third kappa shape index (κ3) is 2.47. The van der Waals surface area contributed by atoms with Crippen LogP contribution >= 0.6 is 0 Å². The molecule has 0 fully saturated rings. The van der Waals surface area contributed by atoms with Gasteiger partial charge in [0.25, 0.3) is 0 Å². The SMILES string of the molecule is CNCc1ccc(N2CCCc3ccccc32)nc1. The van der Waals surface area contributed by atoms with Gasteiger partial charge in [-0.25, -0.2) is 4.98 Å². The minimum absolute atomic E-state index is 0.865. The molecule has 0 saturated heterocycles. The molecule has 98 valence electrons. The molecule has 0 saturated carbocycles. The lowest BCUT2D eigenvalue weighted by Gasteiger charge is -2.30. The molecule has 0 aliphatic carbocycles. The number of anilines is 2. The summed E-state index contributed by atoms with van der Waals surface area (Å²) >= 11 is 0. The van der Waals surface area contributed by atoms with Crippen LogP contribution in [0.15, 0.2) is 42.6 Å². The van der Waals surface area contributed by atoms with E-state index in [9.17, 15) is 0 Å². The summed E-state index contributed by atoms with van der Waals surface area (Å²) in [6.45, 7) is 1.92. The number of para-hydroxylation sites is 1. The fourth-order valence-electron chi connectivity index (χ4n) is 2.66. The molecule has 1 aromatic heterocycles. The molecule has 0 atom stereocenters. The Balaban J connectivity index is 1.90. The molecule has 2 aromatic rings. The largest absolute Gasteiger partial charge is 0.326 e. The van der Waals surface area contributed by atoms with Crippen molar-refractivity contribution in [1.29, 1.82) is 0 Å². The van der Waals surface area contributed by atoms with Gasteiger partial charge in [-0.15, -0.1) is 0 Å². The third-order valence-corrected chi connectivity index (χ3v) is 3.58. The first-order valence-electron chi connectivity index (χ1n) is 6.83. The van der Waals surface area contributed by atoms with Crippen molar-refractivity contribution in [1.82, 2.24) is 10.3 Å². The zero-order valence-electron chi connectivity index (χ0n) is 11.3. The van der Waals surface area contributed by atoms with Crippen LogP contribution < -0.4 is 10.2 Å². The quantitative estimate of drug-likeness (QED) is 0.911. The lowest BCUT2D eigenvalue weighted by molar-refractivity contribution is 0.757. The van der Waals surface area contributed by atoms with Crippen molar-refractivity contribution in [3.05, 3.63) is 53.7 Å². The van der Waals surface area contributed by atoms with Gasteiger partial charge in [0.15, 0.2) is 0 Å². The second-order valence-electron chi connectivity index (χ2n) is 4.94. The van der Waals surface area contributed by atoms with Crippen LogP contribution in [0.1, 0.15) is 17.5 Å². The zero-order chi connectivity index (χ0) is 13.1. The van der Waals surface area contributed by atoms with Crippen LogP contribution in [0.5, 0.6) is 0 Å². The van der Waals surface area contributed by atoms with Crippen molar-refractivity contribution in [3.63, 3.8) is 0 Å². The zero-order valence-corrected chi connectivity index (χ0v) is 11.3. The average molecular weight is 253 g/mol. The van der Waals surface area contributed by atoms with Crippen LogP contribution in [0.4, 0.5) is 11.5 Å². The molecule has 1 aliphatic rings. The molecule has 19 heavy (non-hydrogen) atoms. The highest BCUT2D eigenvalue weighted by molar-refractivity contribution is 5.65. The van der Waals surface area contributed by atoms with Gasteiger partial charge in [0.2, 0.25) is 0 Å². The van der Waals surface area contributed by atoms with Gasteiger partial charge in [0.1, 0.15) is 5.82 Å². The molecule has 0 amide bonds. The second kappa shape index (κ2) is 5.41. The van der Waals surface area contributed by atoms with Crippen molar-refractivity contribution in [2.24, 2.45) is 0 Å². The van der Waals surface area contributed by atoms with Gasteiger partial charge in [-0.05, 0) is 43.1 Å². The summed E-state index contributed by atoms with van der Waals surface area (Å²) in [7, 11) is 1.95. The smallest absolute Gasteiger partial charge is 0.132 e. The van der Waals surface area contributed by atoms with Crippen LogP contribution in [0, 0.1) is 0 Å². The first kappa shape index (κ1) is 12.2. The van der Waals surface area contributed by atoms with Crippen molar-refractivity contribution in [3.8, 4) is 0 Å². The Bertz CT molecular complexity index is 548. The Morgan fingerprint density at radius 1 is 1.21 bits per heavy atom. The number of hydrogen-bond acceptors (Lipinski definition) is 3. The molecule has 1 aliphatic heterocycles. The lowest BCUT2D eigenvalue weighted by atomic mass is 10.0. The molecule has 0 radical (unpaired) electrons. The Labute approximate surface area is 114 Å². The van der Waals surface area contributed by atoms with Gasteiger partial charge in [0, 0.05) is 25.0 Å². The van der Waals surface area contributed by atoms with E-state index in [1.54, 1.807) is 0 Å². The van der Waals surface area contributed by atoms with Crippen molar-refractivity contribution in [2.75, 3.05) is 18.5 Å². The van der Waals surface area contributed by atoms with Gasteiger partial charge >= 0.3 is 0 Å². The maximum Gasteiger partial charge on any atom is 0.132 e. The van der Waals surface area contributed by atoms with E-state index >= 15 is 0 Å².